The number of aliphatic imine (C=N–C) groups is 1. The van der Waals surface area contributed by atoms with Crippen LogP contribution in [0.3, 0.4) is 0 Å². The van der Waals surface area contributed by atoms with E-state index in [1.54, 1.807) is 7.11 Å². The Balaban J connectivity index is 1.87. The van der Waals surface area contributed by atoms with Crippen molar-refractivity contribution in [2.24, 2.45) is 10.9 Å². The summed E-state index contributed by atoms with van der Waals surface area (Å²) in [5, 5.41) is 6.90. The Morgan fingerprint density at radius 2 is 2.04 bits per heavy atom. The molecule has 6 nitrogen and oxygen atoms in total. The Hall–Kier alpha value is -1.31. The molecule has 1 unspecified atom stereocenters. The SMILES string of the molecule is CN=C(NCc1ccc(OC)c(Br)c1)NCC(CC(C)C)N1CCOCC1. The van der Waals surface area contributed by atoms with Crippen molar-refractivity contribution < 1.29 is 9.47 Å². The number of nitrogens with zero attached hydrogens (tertiary/aromatic N) is 2. The molecule has 1 aliphatic rings. The van der Waals surface area contributed by atoms with Crippen LogP contribution >= 0.6 is 15.9 Å². The van der Waals surface area contributed by atoms with Crippen LogP contribution in [-0.4, -0.2) is 63.9 Å². The van der Waals surface area contributed by atoms with Crippen LogP contribution in [0.25, 0.3) is 0 Å². The van der Waals surface area contributed by atoms with E-state index >= 15 is 0 Å². The van der Waals surface area contributed by atoms with Gasteiger partial charge in [0.2, 0.25) is 0 Å². The summed E-state index contributed by atoms with van der Waals surface area (Å²) < 4.78 is 11.7. The quantitative estimate of drug-likeness (QED) is 0.480. The van der Waals surface area contributed by atoms with E-state index in [-0.39, 0.29) is 0 Å². The van der Waals surface area contributed by atoms with Crippen LogP contribution in [0.2, 0.25) is 0 Å². The summed E-state index contributed by atoms with van der Waals surface area (Å²) in [4.78, 5) is 6.90. The second kappa shape index (κ2) is 11.5. The average Bonchev–Trinajstić information content (AvgIpc) is 2.67. The second-order valence-electron chi connectivity index (χ2n) is 7.21. The van der Waals surface area contributed by atoms with Crippen molar-refractivity contribution in [3.05, 3.63) is 28.2 Å². The van der Waals surface area contributed by atoms with Gasteiger partial charge in [0.05, 0.1) is 24.8 Å². The molecule has 1 aromatic rings. The molecule has 0 aliphatic carbocycles. The van der Waals surface area contributed by atoms with Gasteiger partial charge in [0.25, 0.3) is 0 Å². The zero-order valence-electron chi connectivity index (χ0n) is 16.9. The van der Waals surface area contributed by atoms with E-state index in [4.69, 9.17) is 9.47 Å². The highest BCUT2D eigenvalue weighted by atomic mass is 79.9. The van der Waals surface area contributed by atoms with Gasteiger partial charge in [-0.2, -0.15) is 0 Å². The van der Waals surface area contributed by atoms with E-state index in [9.17, 15) is 0 Å². The van der Waals surface area contributed by atoms with E-state index in [0.29, 0.717) is 18.5 Å². The Morgan fingerprint density at radius 3 is 2.63 bits per heavy atom. The van der Waals surface area contributed by atoms with Crippen LogP contribution in [-0.2, 0) is 11.3 Å². The van der Waals surface area contributed by atoms with Crippen LogP contribution < -0.4 is 15.4 Å². The third kappa shape index (κ3) is 7.31. The first-order valence-electron chi connectivity index (χ1n) is 9.62. The highest BCUT2D eigenvalue weighted by Crippen LogP contribution is 2.25. The lowest BCUT2D eigenvalue weighted by Crippen LogP contribution is -2.50. The summed E-state index contributed by atoms with van der Waals surface area (Å²) >= 11 is 3.53. The molecule has 2 N–H and O–H groups in total. The van der Waals surface area contributed by atoms with Gasteiger partial charge in [-0.1, -0.05) is 19.9 Å². The van der Waals surface area contributed by atoms with Gasteiger partial charge in [-0.15, -0.1) is 0 Å². The number of methoxy groups -OCH3 is 1. The molecule has 1 heterocycles. The Kier molecular flexibility index (Phi) is 9.38. The zero-order valence-corrected chi connectivity index (χ0v) is 18.5. The van der Waals surface area contributed by atoms with Crippen molar-refractivity contribution in [1.82, 2.24) is 15.5 Å². The molecule has 1 aromatic carbocycles. The number of hydrogen-bond acceptors (Lipinski definition) is 4. The molecule has 0 amide bonds. The van der Waals surface area contributed by atoms with Crippen molar-refractivity contribution in [3.63, 3.8) is 0 Å². The van der Waals surface area contributed by atoms with Crippen LogP contribution in [0.4, 0.5) is 0 Å². The fraction of sp³-hybridized carbons (Fsp3) is 0.650. The number of guanidine groups is 1. The lowest BCUT2D eigenvalue weighted by molar-refractivity contribution is 0.0132. The molecule has 0 spiro atoms. The average molecular weight is 441 g/mol. The molecule has 0 radical (unpaired) electrons. The lowest BCUT2D eigenvalue weighted by atomic mass is 10.0. The van der Waals surface area contributed by atoms with Gasteiger partial charge in [-0.05, 0) is 46.0 Å². The first-order chi connectivity index (χ1) is 13.0. The third-order valence-electron chi connectivity index (χ3n) is 4.71. The third-order valence-corrected chi connectivity index (χ3v) is 5.33. The fourth-order valence-electron chi connectivity index (χ4n) is 3.29. The molecule has 0 bridgehead atoms. The summed E-state index contributed by atoms with van der Waals surface area (Å²) in [6.07, 6.45) is 1.16. The minimum atomic E-state index is 0.489. The molecule has 1 atom stereocenters. The first kappa shape index (κ1) is 22.0. The molecular weight excluding hydrogens is 408 g/mol. The van der Waals surface area contributed by atoms with Gasteiger partial charge in [0, 0.05) is 39.3 Å². The number of benzene rings is 1. The fourth-order valence-corrected chi connectivity index (χ4v) is 3.88. The van der Waals surface area contributed by atoms with Crippen LogP contribution in [0.5, 0.6) is 5.75 Å². The molecular formula is C20H33BrN4O2. The minimum absolute atomic E-state index is 0.489. The van der Waals surface area contributed by atoms with Crippen LogP contribution in [0, 0.1) is 5.92 Å². The smallest absolute Gasteiger partial charge is 0.191 e. The maximum absolute atomic E-state index is 5.50. The number of rotatable bonds is 8. The van der Waals surface area contributed by atoms with Crippen molar-refractivity contribution >= 4 is 21.9 Å². The van der Waals surface area contributed by atoms with E-state index < -0.39 is 0 Å². The van der Waals surface area contributed by atoms with Gasteiger partial charge >= 0.3 is 0 Å². The van der Waals surface area contributed by atoms with E-state index in [1.807, 2.05) is 13.1 Å². The summed E-state index contributed by atoms with van der Waals surface area (Å²) in [5.41, 5.74) is 1.16. The maximum atomic E-state index is 5.50. The van der Waals surface area contributed by atoms with Crippen LogP contribution in [0.1, 0.15) is 25.8 Å². The van der Waals surface area contributed by atoms with Crippen molar-refractivity contribution in [3.8, 4) is 5.75 Å². The Morgan fingerprint density at radius 1 is 1.30 bits per heavy atom. The van der Waals surface area contributed by atoms with Gasteiger partial charge in [0.1, 0.15) is 5.75 Å². The Labute approximate surface area is 171 Å². The van der Waals surface area contributed by atoms with E-state index in [1.165, 1.54) is 0 Å². The molecule has 1 fully saturated rings. The molecule has 1 saturated heterocycles. The number of nitrogens with one attached hydrogen (secondary N) is 2. The predicted molar refractivity (Wildman–Crippen MR) is 115 cm³/mol. The second-order valence-corrected chi connectivity index (χ2v) is 8.06. The topological polar surface area (TPSA) is 58.1 Å². The lowest BCUT2D eigenvalue weighted by Gasteiger charge is -2.35. The molecule has 7 heteroatoms. The normalized spacial score (nSPS) is 17.0. The molecule has 2 rings (SSSR count). The molecule has 27 heavy (non-hydrogen) atoms. The van der Waals surface area contributed by atoms with Gasteiger partial charge in [-0.25, -0.2) is 0 Å². The van der Waals surface area contributed by atoms with Gasteiger partial charge in [-0.3, -0.25) is 9.89 Å². The molecule has 0 aromatic heterocycles. The highest BCUT2D eigenvalue weighted by molar-refractivity contribution is 9.10. The highest BCUT2D eigenvalue weighted by Gasteiger charge is 2.22. The van der Waals surface area contributed by atoms with E-state index in [0.717, 1.165) is 61.0 Å². The summed E-state index contributed by atoms with van der Waals surface area (Å²) in [6, 6.07) is 6.57. The van der Waals surface area contributed by atoms with E-state index in [2.05, 4.69) is 62.4 Å². The predicted octanol–water partition coefficient (Wildman–Crippen LogP) is 2.87. The maximum Gasteiger partial charge on any atom is 0.191 e. The summed E-state index contributed by atoms with van der Waals surface area (Å²) in [5.74, 6) is 2.32. The van der Waals surface area contributed by atoms with Gasteiger partial charge < -0.3 is 20.1 Å². The number of halogens is 1. The molecule has 0 saturated carbocycles. The monoisotopic (exact) mass is 440 g/mol. The minimum Gasteiger partial charge on any atom is -0.496 e. The largest absolute Gasteiger partial charge is 0.496 e. The number of ether oxygens (including phenoxy) is 2. The zero-order chi connectivity index (χ0) is 19.6. The van der Waals surface area contributed by atoms with Crippen molar-refractivity contribution in [2.75, 3.05) is 47.0 Å². The van der Waals surface area contributed by atoms with Gasteiger partial charge in [0.15, 0.2) is 5.96 Å². The first-order valence-corrected chi connectivity index (χ1v) is 10.4. The van der Waals surface area contributed by atoms with Crippen molar-refractivity contribution in [1.29, 1.82) is 0 Å². The summed E-state index contributed by atoms with van der Waals surface area (Å²) in [6.45, 7) is 9.81. The molecule has 152 valence electrons. The standard InChI is InChI=1S/C20H33BrN4O2/c1-15(2)11-17(25-7-9-27-10-8-25)14-24-20(22-3)23-13-16-5-6-19(26-4)18(21)12-16/h5-6,12,15,17H,7-11,13-14H2,1-4H3,(H2,22,23,24). The van der Waals surface area contributed by atoms with Crippen molar-refractivity contribution in [2.45, 2.75) is 32.9 Å². The summed E-state index contributed by atoms with van der Waals surface area (Å²) in [7, 11) is 3.48. The number of hydrogen-bond donors (Lipinski definition) is 2. The molecule has 1 aliphatic heterocycles. The number of morpholine rings is 1. The van der Waals surface area contributed by atoms with Crippen LogP contribution in [0.15, 0.2) is 27.7 Å². The Bertz CT molecular complexity index is 604.